The van der Waals surface area contributed by atoms with E-state index in [1.807, 2.05) is 0 Å². The van der Waals surface area contributed by atoms with Crippen molar-refractivity contribution in [2.45, 2.75) is 12.6 Å². The molecule has 8 heteroatoms. The summed E-state index contributed by atoms with van der Waals surface area (Å²) in [6, 6.07) is 1.14. The van der Waals surface area contributed by atoms with Gasteiger partial charge in [-0.25, -0.2) is 13.8 Å². The summed E-state index contributed by atoms with van der Waals surface area (Å²) in [6.07, 6.45) is -7.65. The molecule has 0 radical (unpaired) electrons. The number of hydrogen-bond acceptors (Lipinski definition) is 2. The summed E-state index contributed by atoms with van der Waals surface area (Å²) >= 11 is 2.55. The zero-order valence-corrected chi connectivity index (χ0v) is 8.90. The normalized spacial score (nSPS) is 11.6. The van der Waals surface area contributed by atoms with Crippen molar-refractivity contribution in [2.24, 2.45) is 0 Å². The Kier molecular flexibility index (Phi) is 3.48. The second-order valence-electron chi connectivity index (χ2n) is 2.65. The van der Waals surface area contributed by atoms with Crippen molar-refractivity contribution in [1.82, 2.24) is 4.98 Å². The van der Waals surface area contributed by atoms with Crippen LogP contribution < -0.4 is 0 Å². The molecule has 0 aromatic carbocycles. The van der Waals surface area contributed by atoms with Crippen LogP contribution in [0, 0.1) is 11.3 Å². The van der Waals surface area contributed by atoms with Crippen molar-refractivity contribution in [3.63, 3.8) is 0 Å². The van der Waals surface area contributed by atoms with Crippen molar-refractivity contribution in [3.8, 4) is 6.07 Å². The summed E-state index contributed by atoms with van der Waals surface area (Å²) in [6.45, 7) is 0. The highest BCUT2D eigenvalue weighted by Crippen LogP contribution is 2.40. The molecule has 0 saturated heterocycles. The Hall–Kier alpha value is -1.23. The summed E-state index contributed by atoms with van der Waals surface area (Å²) < 4.78 is 61.9. The van der Waals surface area contributed by atoms with Gasteiger partial charge in [-0.15, -0.1) is 0 Å². The highest BCUT2D eigenvalue weighted by atomic mass is 79.9. The first kappa shape index (κ1) is 12.8. The second-order valence-corrected chi connectivity index (χ2v) is 3.51. The topological polar surface area (TPSA) is 36.7 Å². The maximum Gasteiger partial charge on any atom is 0.419 e. The average Bonchev–Trinajstić information content (AvgIpc) is 2.15. The lowest BCUT2D eigenvalue weighted by Crippen LogP contribution is -2.14. The van der Waals surface area contributed by atoms with E-state index >= 15 is 0 Å². The van der Waals surface area contributed by atoms with E-state index in [1.165, 1.54) is 0 Å². The number of halogens is 6. The van der Waals surface area contributed by atoms with E-state index in [2.05, 4.69) is 20.9 Å². The summed E-state index contributed by atoms with van der Waals surface area (Å²) in [4.78, 5) is 3.14. The van der Waals surface area contributed by atoms with Gasteiger partial charge in [-0.2, -0.15) is 18.4 Å². The first-order valence-electron chi connectivity index (χ1n) is 3.73. The maximum atomic E-state index is 12.5. The lowest BCUT2D eigenvalue weighted by Gasteiger charge is -2.14. The number of rotatable bonds is 1. The monoisotopic (exact) mass is 300 g/mol. The van der Waals surface area contributed by atoms with Crippen LogP contribution in [0.15, 0.2) is 10.7 Å². The Morgan fingerprint density at radius 1 is 1.38 bits per heavy atom. The Morgan fingerprint density at radius 2 is 1.94 bits per heavy atom. The molecule has 0 N–H and O–H groups in total. The summed E-state index contributed by atoms with van der Waals surface area (Å²) in [7, 11) is 0. The third-order valence-corrected chi connectivity index (χ3v) is 2.31. The largest absolute Gasteiger partial charge is 0.419 e. The standard InChI is InChI=1S/C8H2BrF5N2/c9-3-2-16-4(1-15)6(8(12,13)14)5(3)7(10)11/h2,7H. The summed E-state index contributed by atoms with van der Waals surface area (Å²) in [5.41, 5.74) is -4.02. The SMILES string of the molecule is N#Cc1ncc(Br)c(C(F)F)c1C(F)(F)F. The van der Waals surface area contributed by atoms with E-state index in [0.717, 1.165) is 12.3 Å². The minimum atomic E-state index is -5.05. The van der Waals surface area contributed by atoms with Crippen LogP contribution in [0.4, 0.5) is 22.0 Å². The van der Waals surface area contributed by atoms with Crippen LogP contribution >= 0.6 is 15.9 Å². The van der Waals surface area contributed by atoms with Crippen molar-refractivity contribution in [3.05, 3.63) is 27.5 Å². The van der Waals surface area contributed by atoms with E-state index in [4.69, 9.17) is 5.26 Å². The third-order valence-electron chi connectivity index (χ3n) is 1.68. The van der Waals surface area contributed by atoms with Gasteiger partial charge in [-0.1, -0.05) is 0 Å². The third kappa shape index (κ3) is 2.29. The van der Waals surface area contributed by atoms with Crippen LogP contribution in [-0.4, -0.2) is 4.98 Å². The molecule has 0 aliphatic heterocycles. The number of pyridine rings is 1. The predicted octanol–water partition coefficient (Wildman–Crippen LogP) is 3.67. The summed E-state index contributed by atoms with van der Waals surface area (Å²) in [5.74, 6) is 0. The van der Waals surface area contributed by atoms with E-state index in [1.54, 1.807) is 0 Å². The minimum Gasteiger partial charge on any atom is -0.244 e. The molecule has 0 aliphatic carbocycles. The van der Waals surface area contributed by atoms with Gasteiger partial charge in [0.2, 0.25) is 0 Å². The maximum absolute atomic E-state index is 12.5. The molecule has 0 atom stereocenters. The number of nitrogens with zero attached hydrogens (tertiary/aromatic N) is 2. The first-order chi connectivity index (χ1) is 7.29. The van der Waals surface area contributed by atoms with Crippen LogP contribution in [0.25, 0.3) is 0 Å². The molecule has 1 aromatic rings. The van der Waals surface area contributed by atoms with Gasteiger partial charge in [0.1, 0.15) is 11.6 Å². The first-order valence-corrected chi connectivity index (χ1v) is 4.52. The van der Waals surface area contributed by atoms with Gasteiger partial charge < -0.3 is 0 Å². The molecule has 0 saturated carbocycles. The molecule has 1 rings (SSSR count). The molecule has 0 fully saturated rings. The molecule has 1 heterocycles. The lowest BCUT2D eigenvalue weighted by molar-refractivity contribution is -0.140. The van der Waals surface area contributed by atoms with Gasteiger partial charge in [-0.05, 0) is 15.9 Å². The van der Waals surface area contributed by atoms with Crippen LogP contribution in [0.1, 0.15) is 23.2 Å². The Bertz CT molecular complexity index is 449. The molecule has 16 heavy (non-hydrogen) atoms. The smallest absolute Gasteiger partial charge is 0.244 e. The van der Waals surface area contributed by atoms with Gasteiger partial charge in [0.05, 0.1) is 0 Å². The zero-order chi connectivity index (χ0) is 12.5. The Morgan fingerprint density at radius 3 is 2.31 bits per heavy atom. The van der Waals surface area contributed by atoms with Crippen molar-refractivity contribution in [2.75, 3.05) is 0 Å². The highest BCUT2D eigenvalue weighted by Gasteiger charge is 2.40. The zero-order valence-electron chi connectivity index (χ0n) is 7.32. The highest BCUT2D eigenvalue weighted by molar-refractivity contribution is 9.10. The van der Waals surface area contributed by atoms with Crippen molar-refractivity contribution in [1.29, 1.82) is 5.26 Å². The van der Waals surface area contributed by atoms with Crippen LogP contribution in [-0.2, 0) is 6.18 Å². The molecular formula is C8H2BrF5N2. The molecule has 0 spiro atoms. The molecule has 0 bridgehead atoms. The molecule has 1 aromatic heterocycles. The molecule has 0 unspecified atom stereocenters. The number of nitriles is 1. The van der Waals surface area contributed by atoms with Gasteiger partial charge >= 0.3 is 6.18 Å². The Balaban J connectivity index is 3.64. The minimum absolute atomic E-state index is 0.478. The number of alkyl halides is 5. The molecular weight excluding hydrogens is 299 g/mol. The molecule has 0 aliphatic rings. The molecule has 2 nitrogen and oxygen atoms in total. The predicted molar refractivity (Wildman–Crippen MR) is 46.6 cm³/mol. The van der Waals surface area contributed by atoms with Gasteiger partial charge in [-0.3, -0.25) is 0 Å². The van der Waals surface area contributed by atoms with Crippen LogP contribution in [0.2, 0.25) is 0 Å². The van der Waals surface area contributed by atoms with E-state index in [0.29, 0.717) is 0 Å². The van der Waals surface area contributed by atoms with Crippen LogP contribution in [0.3, 0.4) is 0 Å². The second kappa shape index (κ2) is 4.33. The lowest BCUT2D eigenvalue weighted by atomic mass is 10.1. The number of aromatic nitrogens is 1. The van der Waals surface area contributed by atoms with Gasteiger partial charge in [0, 0.05) is 16.2 Å². The van der Waals surface area contributed by atoms with E-state index < -0.39 is 33.9 Å². The fourth-order valence-corrected chi connectivity index (χ4v) is 1.56. The molecule has 86 valence electrons. The van der Waals surface area contributed by atoms with Crippen LogP contribution in [0.5, 0.6) is 0 Å². The Labute approximate surface area is 94.8 Å². The average molecular weight is 301 g/mol. The van der Waals surface area contributed by atoms with E-state index in [-0.39, 0.29) is 0 Å². The summed E-state index contributed by atoms with van der Waals surface area (Å²) in [5, 5.41) is 8.41. The van der Waals surface area contributed by atoms with Gasteiger partial charge in [0.25, 0.3) is 6.43 Å². The molecule has 0 amide bonds. The van der Waals surface area contributed by atoms with Crippen molar-refractivity contribution < 1.29 is 22.0 Å². The number of hydrogen-bond donors (Lipinski definition) is 0. The van der Waals surface area contributed by atoms with Crippen molar-refractivity contribution >= 4 is 15.9 Å². The quantitative estimate of drug-likeness (QED) is 0.742. The van der Waals surface area contributed by atoms with E-state index in [9.17, 15) is 22.0 Å². The fraction of sp³-hybridized carbons (Fsp3) is 0.250. The van der Waals surface area contributed by atoms with Gasteiger partial charge in [0.15, 0.2) is 5.69 Å². The fourth-order valence-electron chi connectivity index (χ4n) is 1.09.